The van der Waals surface area contributed by atoms with Gasteiger partial charge in [-0.3, -0.25) is 9.48 Å². The number of ether oxygens (including phenoxy) is 1. The number of esters is 1. The predicted molar refractivity (Wildman–Crippen MR) is 84.7 cm³/mol. The van der Waals surface area contributed by atoms with E-state index in [0.717, 1.165) is 35.9 Å². The summed E-state index contributed by atoms with van der Waals surface area (Å²) < 4.78 is 7.06. The van der Waals surface area contributed by atoms with Crippen LogP contribution in [0.3, 0.4) is 0 Å². The molecule has 0 aliphatic rings. The first-order valence-corrected chi connectivity index (χ1v) is 7.85. The van der Waals surface area contributed by atoms with Crippen molar-refractivity contribution in [2.75, 3.05) is 13.2 Å². The highest BCUT2D eigenvalue weighted by molar-refractivity contribution is 6.31. The molecule has 0 saturated heterocycles. The van der Waals surface area contributed by atoms with Gasteiger partial charge in [0.15, 0.2) is 0 Å². The first kappa shape index (κ1) is 18.0. The molecule has 0 amide bonds. The summed E-state index contributed by atoms with van der Waals surface area (Å²) in [4.78, 5) is 12.1. The molecule has 6 heteroatoms. The second kappa shape index (κ2) is 7.80. The summed E-state index contributed by atoms with van der Waals surface area (Å²) in [5, 5.41) is 8.35. The van der Waals surface area contributed by atoms with Crippen molar-refractivity contribution in [3.05, 3.63) is 16.4 Å². The fourth-order valence-corrected chi connectivity index (χ4v) is 2.55. The minimum atomic E-state index is -0.648. The van der Waals surface area contributed by atoms with Crippen LogP contribution in [0.2, 0.25) is 5.02 Å². The van der Waals surface area contributed by atoms with Gasteiger partial charge in [0, 0.05) is 6.54 Å². The van der Waals surface area contributed by atoms with E-state index in [1.165, 1.54) is 0 Å². The van der Waals surface area contributed by atoms with Gasteiger partial charge in [0.25, 0.3) is 0 Å². The Hall–Kier alpha value is -1.07. The lowest BCUT2D eigenvalue weighted by Crippen LogP contribution is -2.50. The molecule has 0 radical (unpaired) electrons. The quantitative estimate of drug-likeness (QED) is 0.749. The highest BCUT2D eigenvalue weighted by Gasteiger charge is 2.33. The Labute approximate surface area is 132 Å². The third kappa shape index (κ3) is 4.45. The van der Waals surface area contributed by atoms with Gasteiger partial charge in [0.2, 0.25) is 0 Å². The Kier molecular flexibility index (Phi) is 6.68. The van der Waals surface area contributed by atoms with E-state index >= 15 is 0 Å². The maximum absolute atomic E-state index is 12.1. The average molecular weight is 316 g/mol. The normalized spacial score (nSPS) is 14.0. The number of likely N-dealkylation sites (N-methyl/N-ethyl adjacent to an activating group) is 1. The van der Waals surface area contributed by atoms with E-state index in [1.54, 1.807) is 0 Å². The lowest BCUT2D eigenvalue weighted by Gasteiger charge is -2.28. The number of nitrogens with one attached hydrogen (secondary N) is 1. The van der Waals surface area contributed by atoms with Crippen LogP contribution in [0.1, 0.15) is 45.0 Å². The van der Waals surface area contributed by atoms with Crippen molar-refractivity contribution in [3.63, 3.8) is 0 Å². The van der Waals surface area contributed by atoms with Crippen LogP contribution in [-0.4, -0.2) is 34.4 Å². The third-order valence-electron chi connectivity index (χ3n) is 3.63. The lowest BCUT2D eigenvalue weighted by molar-refractivity contribution is -0.150. The maximum Gasteiger partial charge on any atom is 0.326 e. The monoisotopic (exact) mass is 315 g/mol. The van der Waals surface area contributed by atoms with E-state index in [9.17, 15) is 4.79 Å². The van der Waals surface area contributed by atoms with Crippen molar-refractivity contribution in [3.8, 4) is 0 Å². The molecule has 1 heterocycles. The Morgan fingerprint density at radius 3 is 2.57 bits per heavy atom. The molecule has 0 fully saturated rings. The van der Waals surface area contributed by atoms with Gasteiger partial charge in [-0.2, -0.15) is 5.10 Å². The van der Waals surface area contributed by atoms with Crippen molar-refractivity contribution in [1.82, 2.24) is 15.1 Å². The Morgan fingerprint density at radius 2 is 2.10 bits per heavy atom. The molecule has 0 aliphatic heterocycles. The van der Waals surface area contributed by atoms with Crippen LogP contribution in [0, 0.1) is 13.8 Å². The van der Waals surface area contributed by atoms with E-state index in [0.29, 0.717) is 13.0 Å². The fraction of sp³-hybridized carbons (Fsp3) is 0.733. The fourth-order valence-electron chi connectivity index (χ4n) is 2.42. The molecular formula is C15H26ClN3O2. The van der Waals surface area contributed by atoms with Crippen LogP contribution in [-0.2, 0) is 16.1 Å². The summed E-state index contributed by atoms with van der Waals surface area (Å²) >= 11 is 6.14. The number of hydrogen-bond acceptors (Lipinski definition) is 4. The number of halogens is 1. The summed E-state index contributed by atoms with van der Waals surface area (Å²) in [6.45, 7) is 11.4. The van der Waals surface area contributed by atoms with Gasteiger partial charge in [0.1, 0.15) is 5.54 Å². The standard InChI is InChI=1S/C15H26ClN3O2/c1-6-17-15(5,14(20)21-7-2)9-8-10-19-12(4)13(16)11(3)18-19/h17H,6-10H2,1-5H3. The second-order valence-corrected chi connectivity index (χ2v) is 5.77. The van der Waals surface area contributed by atoms with E-state index in [4.69, 9.17) is 16.3 Å². The van der Waals surface area contributed by atoms with E-state index in [1.807, 2.05) is 39.3 Å². The first-order chi connectivity index (χ1) is 9.85. The number of aryl methyl sites for hydroxylation is 2. The molecule has 1 aromatic heterocycles. The third-order valence-corrected chi connectivity index (χ3v) is 4.18. The first-order valence-electron chi connectivity index (χ1n) is 7.47. The number of aromatic nitrogens is 2. The predicted octanol–water partition coefficient (Wildman–Crippen LogP) is 2.86. The van der Waals surface area contributed by atoms with E-state index in [-0.39, 0.29) is 5.97 Å². The van der Waals surface area contributed by atoms with E-state index in [2.05, 4.69) is 10.4 Å². The Balaban J connectivity index is 2.65. The number of carbonyl (C=O) groups is 1. The minimum Gasteiger partial charge on any atom is -0.465 e. The maximum atomic E-state index is 12.1. The largest absolute Gasteiger partial charge is 0.465 e. The number of carbonyl (C=O) groups excluding carboxylic acids is 1. The molecule has 1 unspecified atom stereocenters. The van der Waals surface area contributed by atoms with Crippen molar-refractivity contribution in [2.24, 2.45) is 0 Å². The molecule has 1 atom stereocenters. The van der Waals surface area contributed by atoms with Gasteiger partial charge in [-0.25, -0.2) is 0 Å². The van der Waals surface area contributed by atoms with Crippen molar-refractivity contribution in [2.45, 2.75) is 59.5 Å². The summed E-state index contributed by atoms with van der Waals surface area (Å²) in [7, 11) is 0. The SMILES string of the molecule is CCNC(C)(CCCn1nc(C)c(Cl)c1C)C(=O)OCC. The van der Waals surface area contributed by atoms with Gasteiger partial charge < -0.3 is 10.1 Å². The zero-order valence-electron chi connectivity index (χ0n) is 13.6. The average Bonchev–Trinajstić information content (AvgIpc) is 2.67. The lowest BCUT2D eigenvalue weighted by atomic mass is 9.95. The molecule has 0 aromatic carbocycles. The van der Waals surface area contributed by atoms with E-state index < -0.39 is 5.54 Å². The van der Waals surface area contributed by atoms with Gasteiger partial charge in [0.05, 0.1) is 23.0 Å². The number of hydrogen-bond donors (Lipinski definition) is 1. The zero-order chi connectivity index (χ0) is 16.0. The summed E-state index contributed by atoms with van der Waals surface area (Å²) in [6.07, 6.45) is 1.51. The van der Waals surface area contributed by atoms with Gasteiger partial charge >= 0.3 is 5.97 Å². The van der Waals surface area contributed by atoms with Crippen LogP contribution in [0.25, 0.3) is 0 Å². The van der Waals surface area contributed by atoms with Crippen molar-refractivity contribution in [1.29, 1.82) is 0 Å². The molecule has 0 saturated carbocycles. The number of nitrogens with zero attached hydrogens (tertiary/aromatic N) is 2. The Morgan fingerprint density at radius 1 is 1.43 bits per heavy atom. The van der Waals surface area contributed by atoms with Gasteiger partial charge in [-0.05, 0) is 47.1 Å². The molecule has 1 N–H and O–H groups in total. The highest BCUT2D eigenvalue weighted by Crippen LogP contribution is 2.21. The molecule has 120 valence electrons. The molecular weight excluding hydrogens is 290 g/mol. The van der Waals surface area contributed by atoms with Gasteiger partial charge in [-0.1, -0.05) is 18.5 Å². The summed E-state index contributed by atoms with van der Waals surface area (Å²) in [5.74, 6) is -0.196. The van der Waals surface area contributed by atoms with Crippen LogP contribution in [0.5, 0.6) is 0 Å². The topological polar surface area (TPSA) is 56.2 Å². The molecule has 0 aliphatic carbocycles. The molecule has 0 spiro atoms. The van der Waals surface area contributed by atoms with Crippen molar-refractivity contribution < 1.29 is 9.53 Å². The van der Waals surface area contributed by atoms with Crippen LogP contribution in [0.15, 0.2) is 0 Å². The molecule has 21 heavy (non-hydrogen) atoms. The Bertz CT molecular complexity index is 488. The van der Waals surface area contributed by atoms with Crippen LogP contribution >= 0.6 is 11.6 Å². The molecule has 5 nitrogen and oxygen atoms in total. The van der Waals surface area contributed by atoms with Gasteiger partial charge in [-0.15, -0.1) is 0 Å². The smallest absolute Gasteiger partial charge is 0.326 e. The van der Waals surface area contributed by atoms with Crippen LogP contribution in [0.4, 0.5) is 0 Å². The number of rotatable bonds is 8. The van der Waals surface area contributed by atoms with Crippen LogP contribution < -0.4 is 5.32 Å². The van der Waals surface area contributed by atoms with Crippen molar-refractivity contribution >= 4 is 17.6 Å². The molecule has 1 rings (SSSR count). The second-order valence-electron chi connectivity index (χ2n) is 5.39. The summed E-state index contributed by atoms with van der Waals surface area (Å²) in [5.41, 5.74) is 1.16. The zero-order valence-corrected chi connectivity index (χ0v) is 14.4. The minimum absolute atomic E-state index is 0.196. The highest BCUT2D eigenvalue weighted by atomic mass is 35.5. The summed E-state index contributed by atoms with van der Waals surface area (Å²) in [6, 6.07) is 0. The molecule has 0 bridgehead atoms. The molecule has 1 aromatic rings.